The molecular formula is C14H22BrN3O. The molecule has 0 amide bonds. The average Bonchev–Trinajstić information content (AvgIpc) is 2.39. The van der Waals surface area contributed by atoms with E-state index in [1.807, 2.05) is 6.92 Å². The minimum atomic E-state index is -0.0456. The zero-order valence-electron chi connectivity index (χ0n) is 11.7. The van der Waals surface area contributed by atoms with E-state index in [1.54, 1.807) is 6.20 Å². The lowest BCUT2D eigenvalue weighted by Crippen LogP contribution is -2.29. The monoisotopic (exact) mass is 327 g/mol. The van der Waals surface area contributed by atoms with Crippen molar-refractivity contribution in [2.24, 2.45) is 5.92 Å². The highest BCUT2D eigenvalue weighted by molar-refractivity contribution is 9.10. The standard InChI is InChI=1S/C14H22BrN3O/c1-3-7-18-14(19)13(15)12(9-16-18)17-11-6-4-5-10(2)8-11/h9-11,17H,3-8H2,1-2H3. The number of nitrogens with zero attached hydrogens (tertiary/aromatic N) is 2. The van der Waals surface area contributed by atoms with Crippen LogP contribution in [0.25, 0.3) is 0 Å². The lowest BCUT2D eigenvalue weighted by molar-refractivity contribution is 0.358. The molecule has 1 heterocycles. The third kappa shape index (κ3) is 3.59. The molecule has 2 rings (SSSR count). The smallest absolute Gasteiger partial charge is 0.283 e. The van der Waals surface area contributed by atoms with Crippen molar-refractivity contribution in [3.05, 3.63) is 21.0 Å². The second-order valence-electron chi connectivity index (χ2n) is 5.51. The molecule has 1 fully saturated rings. The Labute approximate surface area is 122 Å². The second kappa shape index (κ2) is 6.55. The molecule has 0 saturated heterocycles. The van der Waals surface area contributed by atoms with Crippen LogP contribution < -0.4 is 10.9 Å². The summed E-state index contributed by atoms with van der Waals surface area (Å²) in [6.07, 6.45) is 7.60. The molecule has 0 radical (unpaired) electrons. The number of aromatic nitrogens is 2. The van der Waals surface area contributed by atoms with Gasteiger partial charge in [0.15, 0.2) is 0 Å². The molecule has 0 bridgehead atoms. The fourth-order valence-corrected chi connectivity index (χ4v) is 3.14. The topological polar surface area (TPSA) is 46.9 Å². The van der Waals surface area contributed by atoms with Gasteiger partial charge in [-0.05, 0) is 41.1 Å². The van der Waals surface area contributed by atoms with E-state index in [0.29, 0.717) is 17.1 Å². The van der Waals surface area contributed by atoms with E-state index >= 15 is 0 Å². The first-order valence-electron chi connectivity index (χ1n) is 7.14. The molecular weight excluding hydrogens is 306 g/mol. The van der Waals surface area contributed by atoms with Gasteiger partial charge in [-0.2, -0.15) is 5.10 Å². The fraction of sp³-hybridized carbons (Fsp3) is 0.714. The van der Waals surface area contributed by atoms with Crippen LogP contribution in [0, 0.1) is 5.92 Å². The van der Waals surface area contributed by atoms with E-state index < -0.39 is 0 Å². The van der Waals surface area contributed by atoms with E-state index in [4.69, 9.17) is 0 Å². The molecule has 2 atom stereocenters. The molecule has 1 aromatic heterocycles. The van der Waals surface area contributed by atoms with Crippen LogP contribution in [0.15, 0.2) is 15.5 Å². The average molecular weight is 328 g/mol. The molecule has 2 unspecified atom stereocenters. The van der Waals surface area contributed by atoms with Gasteiger partial charge in [0.05, 0.1) is 11.9 Å². The molecule has 1 aliphatic rings. The van der Waals surface area contributed by atoms with Gasteiger partial charge < -0.3 is 5.32 Å². The Morgan fingerprint density at radius 2 is 2.32 bits per heavy atom. The first-order valence-corrected chi connectivity index (χ1v) is 7.93. The molecule has 0 spiro atoms. The second-order valence-corrected chi connectivity index (χ2v) is 6.31. The largest absolute Gasteiger partial charge is 0.380 e. The molecule has 1 N–H and O–H groups in total. The van der Waals surface area contributed by atoms with Gasteiger partial charge in [0, 0.05) is 12.6 Å². The maximum atomic E-state index is 12.1. The van der Waals surface area contributed by atoms with Gasteiger partial charge >= 0.3 is 0 Å². The summed E-state index contributed by atoms with van der Waals surface area (Å²) in [4.78, 5) is 12.1. The predicted molar refractivity (Wildman–Crippen MR) is 81.5 cm³/mol. The predicted octanol–water partition coefficient (Wildman–Crippen LogP) is 3.41. The van der Waals surface area contributed by atoms with E-state index in [2.05, 4.69) is 33.3 Å². The Morgan fingerprint density at radius 1 is 1.53 bits per heavy atom. The summed E-state index contributed by atoms with van der Waals surface area (Å²) in [6.45, 7) is 5.00. The molecule has 1 aromatic rings. The van der Waals surface area contributed by atoms with E-state index in [0.717, 1.165) is 18.0 Å². The number of rotatable bonds is 4. The minimum Gasteiger partial charge on any atom is -0.380 e. The summed E-state index contributed by atoms with van der Waals surface area (Å²) in [5.74, 6) is 0.762. The van der Waals surface area contributed by atoms with Crippen molar-refractivity contribution in [2.45, 2.75) is 58.5 Å². The van der Waals surface area contributed by atoms with E-state index in [1.165, 1.54) is 30.4 Å². The van der Waals surface area contributed by atoms with Crippen LogP contribution in [0.2, 0.25) is 0 Å². The van der Waals surface area contributed by atoms with Crippen molar-refractivity contribution < 1.29 is 0 Å². The Hall–Kier alpha value is -0.840. The van der Waals surface area contributed by atoms with Crippen molar-refractivity contribution in [3.63, 3.8) is 0 Å². The van der Waals surface area contributed by atoms with Crippen molar-refractivity contribution >= 4 is 21.6 Å². The van der Waals surface area contributed by atoms with Crippen LogP contribution in [0.5, 0.6) is 0 Å². The maximum absolute atomic E-state index is 12.1. The number of hydrogen-bond acceptors (Lipinski definition) is 3. The Balaban J connectivity index is 2.12. The molecule has 5 heteroatoms. The van der Waals surface area contributed by atoms with Gasteiger partial charge in [-0.3, -0.25) is 4.79 Å². The summed E-state index contributed by atoms with van der Waals surface area (Å²) in [7, 11) is 0. The van der Waals surface area contributed by atoms with E-state index in [9.17, 15) is 4.79 Å². The zero-order valence-corrected chi connectivity index (χ0v) is 13.2. The normalized spacial score (nSPS) is 23.3. The SMILES string of the molecule is CCCn1ncc(NC2CCCC(C)C2)c(Br)c1=O. The molecule has 4 nitrogen and oxygen atoms in total. The first kappa shape index (κ1) is 14.6. The van der Waals surface area contributed by atoms with Crippen LogP contribution in [0.4, 0.5) is 5.69 Å². The fourth-order valence-electron chi connectivity index (χ4n) is 2.72. The van der Waals surface area contributed by atoms with Crippen LogP contribution in [-0.4, -0.2) is 15.8 Å². The van der Waals surface area contributed by atoms with Gasteiger partial charge in [-0.1, -0.05) is 26.7 Å². The highest BCUT2D eigenvalue weighted by Crippen LogP contribution is 2.27. The quantitative estimate of drug-likeness (QED) is 0.921. The van der Waals surface area contributed by atoms with Gasteiger partial charge in [0.25, 0.3) is 5.56 Å². The molecule has 1 saturated carbocycles. The van der Waals surface area contributed by atoms with Crippen molar-refractivity contribution in [1.29, 1.82) is 0 Å². The van der Waals surface area contributed by atoms with Crippen molar-refractivity contribution in [2.75, 3.05) is 5.32 Å². The van der Waals surface area contributed by atoms with Crippen molar-refractivity contribution in [1.82, 2.24) is 9.78 Å². The van der Waals surface area contributed by atoms with E-state index in [-0.39, 0.29) is 5.56 Å². The number of anilines is 1. The third-order valence-electron chi connectivity index (χ3n) is 3.72. The van der Waals surface area contributed by atoms with Crippen LogP contribution >= 0.6 is 15.9 Å². The van der Waals surface area contributed by atoms with Crippen LogP contribution in [0.1, 0.15) is 46.0 Å². The Bertz CT molecular complexity index is 486. The Kier molecular flexibility index (Phi) is 5.02. The summed E-state index contributed by atoms with van der Waals surface area (Å²) in [5.41, 5.74) is 0.784. The van der Waals surface area contributed by atoms with Crippen LogP contribution in [0.3, 0.4) is 0 Å². The molecule has 19 heavy (non-hydrogen) atoms. The summed E-state index contributed by atoms with van der Waals surface area (Å²) in [6, 6.07) is 0.461. The zero-order chi connectivity index (χ0) is 13.8. The summed E-state index contributed by atoms with van der Waals surface area (Å²) < 4.78 is 2.12. The van der Waals surface area contributed by atoms with Crippen LogP contribution in [-0.2, 0) is 6.54 Å². The van der Waals surface area contributed by atoms with Crippen molar-refractivity contribution in [3.8, 4) is 0 Å². The molecule has 0 aromatic carbocycles. The number of halogens is 1. The lowest BCUT2D eigenvalue weighted by atomic mass is 9.87. The van der Waals surface area contributed by atoms with Gasteiger partial charge in [0.1, 0.15) is 4.47 Å². The number of nitrogens with one attached hydrogen (secondary N) is 1. The highest BCUT2D eigenvalue weighted by Gasteiger charge is 2.20. The maximum Gasteiger partial charge on any atom is 0.283 e. The summed E-state index contributed by atoms with van der Waals surface area (Å²) in [5, 5.41) is 7.69. The third-order valence-corrected chi connectivity index (χ3v) is 4.48. The lowest BCUT2D eigenvalue weighted by Gasteiger charge is -2.28. The molecule has 1 aliphatic carbocycles. The number of aryl methyl sites for hydroxylation is 1. The molecule has 106 valence electrons. The Morgan fingerprint density at radius 3 is 3.00 bits per heavy atom. The molecule has 0 aliphatic heterocycles. The highest BCUT2D eigenvalue weighted by atomic mass is 79.9. The first-order chi connectivity index (χ1) is 9.11. The van der Waals surface area contributed by atoms with Gasteiger partial charge in [0.2, 0.25) is 0 Å². The van der Waals surface area contributed by atoms with Gasteiger partial charge in [-0.15, -0.1) is 0 Å². The summed E-state index contributed by atoms with van der Waals surface area (Å²) >= 11 is 3.41. The van der Waals surface area contributed by atoms with Gasteiger partial charge in [-0.25, -0.2) is 4.68 Å². The number of hydrogen-bond donors (Lipinski definition) is 1. The minimum absolute atomic E-state index is 0.0456.